The van der Waals surface area contributed by atoms with Crippen LogP contribution in [0.3, 0.4) is 0 Å². The highest BCUT2D eigenvalue weighted by Crippen LogP contribution is 2.63. The summed E-state index contributed by atoms with van der Waals surface area (Å²) >= 11 is 0. The number of rotatable bonds is 0. The lowest BCUT2D eigenvalue weighted by molar-refractivity contribution is -0.120. The van der Waals surface area contributed by atoms with Gasteiger partial charge in [-0.2, -0.15) is 0 Å². The maximum Gasteiger partial charge on any atom is 0.109 e. The summed E-state index contributed by atoms with van der Waals surface area (Å²) in [5, 5.41) is 0. The summed E-state index contributed by atoms with van der Waals surface area (Å²) in [6, 6.07) is 0. The monoisotopic (exact) mass is 234 g/mol. The molecule has 2 aliphatic carbocycles. The topological polar surface area (TPSA) is 9.23 Å². The molecule has 17 heavy (non-hydrogen) atoms. The first-order chi connectivity index (χ1) is 7.96. The quantitative estimate of drug-likeness (QED) is 0.598. The zero-order valence-electron chi connectivity index (χ0n) is 11.6. The van der Waals surface area contributed by atoms with Crippen molar-refractivity contribution in [2.75, 3.05) is 0 Å². The van der Waals surface area contributed by atoms with Crippen molar-refractivity contribution >= 4 is 0 Å². The molecule has 3 rings (SSSR count). The SMILES string of the molecule is C=C1CC2C(C)(CCC3C(C)CCCC32C)O1. The number of ether oxygens (including phenoxy) is 1. The maximum atomic E-state index is 6.11. The molecule has 3 fully saturated rings. The molecule has 5 unspecified atom stereocenters. The van der Waals surface area contributed by atoms with Crippen molar-refractivity contribution in [2.45, 2.75) is 64.9 Å². The molecule has 2 saturated carbocycles. The molecular formula is C16H26O. The predicted octanol–water partition coefficient (Wildman–Crippen LogP) is 4.53. The van der Waals surface area contributed by atoms with Crippen molar-refractivity contribution in [1.29, 1.82) is 0 Å². The van der Waals surface area contributed by atoms with Crippen LogP contribution >= 0.6 is 0 Å². The Morgan fingerprint density at radius 2 is 2.00 bits per heavy atom. The highest BCUT2D eigenvalue weighted by Gasteiger charge is 2.59. The summed E-state index contributed by atoms with van der Waals surface area (Å²) in [4.78, 5) is 0. The average Bonchev–Trinajstić information content (AvgIpc) is 2.54. The minimum Gasteiger partial charge on any atom is -0.492 e. The summed E-state index contributed by atoms with van der Waals surface area (Å²) in [5.41, 5.74) is 0.601. The van der Waals surface area contributed by atoms with Crippen LogP contribution in [0.25, 0.3) is 0 Å². The fourth-order valence-corrected chi connectivity index (χ4v) is 5.37. The van der Waals surface area contributed by atoms with Crippen LogP contribution in [-0.4, -0.2) is 5.60 Å². The van der Waals surface area contributed by atoms with Gasteiger partial charge in [0.1, 0.15) is 5.60 Å². The molecule has 1 heteroatoms. The number of allylic oxidation sites excluding steroid dienone is 1. The second kappa shape index (κ2) is 3.52. The maximum absolute atomic E-state index is 6.11. The second-order valence-electron chi connectivity index (χ2n) is 7.23. The minimum absolute atomic E-state index is 0.0966. The lowest BCUT2D eigenvalue weighted by Gasteiger charge is -2.56. The number of hydrogen-bond acceptors (Lipinski definition) is 1. The Morgan fingerprint density at radius 3 is 2.76 bits per heavy atom. The standard InChI is InChI=1S/C16H26O/c1-11-6-5-8-15(3)13(11)7-9-16(4)14(15)10-12(2)17-16/h11,13-14H,2,5-10H2,1,3-4H3. The molecule has 0 bridgehead atoms. The third-order valence-corrected chi connectivity index (χ3v) is 6.20. The Balaban J connectivity index is 1.97. The van der Waals surface area contributed by atoms with Crippen LogP contribution in [0.15, 0.2) is 12.3 Å². The third-order valence-electron chi connectivity index (χ3n) is 6.20. The summed E-state index contributed by atoms with van der Waals surface area (Å²) in [7, 11) is 0. The van der Waals surface area contributed by atoms with E-state index in [0.29, 0.717) is 11.3 Å². The van der Waals surface area contributed by atoms with Crippen LogP contribution in [0.5, 0.6) is 0 Å². The zero-order valence-corrected chi connectivity index (χ0v) is 11.6. The Kier molecular flexibility index (Phi) is 2.41. The normalized spacial score (nSPS) is 53.8. The lowest BCUT2D eigenvalue weighted by atomic mass is 9.49. The number of hydrogen-bond donors (Lipinski definition) is 0. The number of fused-ring (bicyclic) bond motifs is 3. The average molecular weight is 234 g/mol. The van der Waals surface area contributed by atoms with Crippen molar-refractivity contribution in [3.8, 4) is 0 Å². The van der Waals surface area contributed by atoms with Gasteiger partial charge in [-0.05, 0) is 43.4 Å². The Labute approximate surface area is 106 Å². The van der Waals surface area contributed by atoms with Crippen LogP contribution in [0.4, 0.5) is 0 Å². The van der Waals surface area contributed by atoms with Gasteiger partial charge in [-0.15, -0.1) is 0 Å². The Bertz CT molecular complexity index is 347. The van der Waals surface area contributed by atoms with Crippen molar-refractivity contribution in [3.63, 3.8) is 0 Å². The van der Waals surface area contributed by atoms with Crippen molar-refractivity contribution in [2.24, 2.45) is 23.2 Å². The Morgan fingerprint density at radius 1 is 1.24 bits per heavy atom. The Hall–Kier alpha value is -0.460. The molecule has 1 nitrogen and oxygen atoms in total. The molecule has 1 saturated heterocycles. The zero-order chi connectivity index (χ0) is 12.3. The molecule has 0 N–H and O–H groups in total. The van der Waals surface area contributed by atoms with Crippen molar-refractivity contribution < 1.29 is 4.74 Å². The van der Waals surface area contributed by atoms with Gasteiger partial charge >= 0.3 is 0 Å². The van der Waals surface area contributed by atoms with E-state index in [-0.39, 0.29) is 5.60 Å². The summed E-state index contributed by atoms with van der Waals surface area (Å²) in [6.07, 6.45) is 7.95. The molecule has 0 radical (unpaired) electrons. The van der Waals surface area contributed by atoms with E-state index in [9.17, 15) is 0 Å². The van der Waals surface area contributed by atoms with E-state index >= 15 is 0 Å². The van der Waals surface area contributed by atoms with Crippen LogP contribution in [0.2, 0.25) is 0 Å². The van der Waals surface area contributed by atoms with Crippen LogP contribution in [0, 0.1) is 23.2 Å². The minimum atomic E-state index is 0.0966. The van der Waals surface area contributed by atoms with Crippen LogP contribution in [0.1, 0.15) is 59.3 Å². The summed E-state index contributed by atoms with van der Waals surface area (Å²) < 4.78 is 6.11. The predicted molar refractivity (Wildman–Crippen MR) is 70.6 cm³/mol. The highest BCUT2D eigenvalue weighted by molar-refractivity contribution is 5.13. The molecule has 1 heterocycles. The molecule has 3 aliphatic rings. The van der Waals surface area contributed by atoms with E-state index in [1.807, 2.05) is 0 Å². The summed E-state index contributed by atoms with van der Waals surface area (Å²) in [5.74, 6) is 3.58. The van der Waals surface area contributed by atoms with E-state index in [1.165, 1.54) is 32.1 Å². The van der Waals surface area contributed by atoms with Gasteiger partial charge < -0.3 is 4.74 Å². The molecule has 5 atom stereocenters. The smallest absolute Gasteiger partial charge is 0.109 e. The first kappa shape index (κ1) is 11.6. The van der Waals surface area contributed by atoms with Gasteiger partial charge in [-0.1, -0.05) is 33.3 Å². The molecule has 0 spiro atoms. The van der Waals surface area contributed by atoms with E-state index in [1.54, 1.807) is 0 Å². The van der Waals surface area contributed by atoms with Gasteiger partial charge in [0.05, 0.1) is 5.76 Å². The fourth-order valence-electron chi connectivity index (χ4n) is 5.37. The van der Waals surface area contributed by atoms with Crippen molar-refractivity contribution in [1.82, 2.24) is 0 Å². The molecule has 1 aliphatic heterocycles. The van der Waals surface area contributed by atoms with E-state index in [0.717, 1.165) is 24.0 Å². The molecule has 0 aromatic carbocycles. The van der Waals surface area contributed by atoms with Gasteiger partial charge in [0.25, 0.3) is 0 Å². The first-order valence-corrected chi connectivity index (χ1v) is 7.32. The fraction of sp³-hybridized carbons (Fsp3) is 0.875. The van der Waals surface area contributed by atoms with Gasteiger partial charge in [0.2, 0.25) is 0 Å². The van der Waals surface area contributed by atoms with E-state index in [2.05, 4.69) is 27.4 Å². The molecular weight excluding hydrogens is 208 g/mol. The molecule has 96 valence electrons. The van der Waals surface area contributed by atoms with Crippen molar-refractivity contribution in [3.05, 3.63) is 12.3 Å². The lowest BCUT2D eigenvalue weighted by Crippen LogP contribution is -2.53. The van der Waals surface area contributed by atoms with Gasteiger partial charge in [0.15, 0.2) is 0 Å². The summed E-state index contributed by atoms with van der Waals surface area (Å²) in [6.45, 7) is 11.4. The molecule has 0 amide bonds. The first-order valence-electron chi connectivity index (χ1n) is 7.32. The van der Waals surface area contributed by atoms with Gasteiger partial charge in [-0.25, -0.2) is 0 Å². The van der Waals surface area contributed by atoms with E-state index in [4.69, 9.17) is 4.74 Å². The van der Waals surface area contributed by atoms with E-state index < -0.39 is 0 Å². The highest BCUT2D eigenvalue weighted by atomic mass is 16.5. The third kappa shape index (κ3) is 1.50. The van der Waals surface area contributed by atoms with Crippen LogP contribution < -0.4 is 0 Å². The largest absolute Gasteiger partial charge is 0.492 e. The van der Waals surface area contributed by atoms with Crippen LogP contribution in [-0.2, 0) is 4.74 Å². The van der Waals surface area contributed by atoms with Gasteiger partial charge in [-0.3, -0.25) is 0 Å². The molecule has 0 aromatic rings. The molecule has 0 aromatic heterocycles. The second-order valence-corrected chi connectivity index (χ2v) is 7.23. The van der Waals surface area contributed by atoms with Gasteiger partial charge in [0, 0.05) is 12.3 Å².